The highest BCUT2D eigenvalue weighted by Gasteiger charge is 2.20. The van der Waals surface area contributed by atoms with E-state index in [1.54, 1.807) is 0 Å². The lowest BCUT2D eigenvalue weighted by Crippen LogP contribution is -2.15. The first kappa shape index (κ1) is 13.6. The molecule has 1 aromatic heterocycles. The van der Waals surface area contributed by atoms with Crippen LogP contribution in [0, 0.1) is 0 Å². The summed E-state index contributed by atoms with van der Waals surface area (Å²) < 4.78 is 0.918. The fourth-order valence-corrected chi connectivity index (χ4v) is 2.89. The van der Waals surface area contributed by atoms with Crippen molar-refractivity contribution in [3.63, 3.8) is 0 Å². The summed E-state index contributed by atoms with van der Waals surface area (Å²) in [5.41, 5.74) is 2.15. The summed E-state index contributed by atoms with van der Waals surface area (Å²) in [6.07, 6.45) is 0. The Morgan fingerprint density at radius 2 is 1.89 bits per heavy atom. The van der Waals surface area contributed by atoms with Crippen molar-refractivity contribution in [3.05, 3.63) is 33.3 Å². The van der Waals surface area contributed by atoms with E-state index in [1.165, 1.54) is 5.56 Å². The Morgan fingerprint density at radius 1 is 1.22 bits per heavy atom. The summed E-state index contributed by atoms with van der Waals surface area (Å²) in [4.78, 5) is 4.68. The normalized spacial score (nSPS) is 11.9. The molecule has 0 saturated carbocycles. The molecule has 0 aliphatic carbocycles. The van der Waals surface area contributed by atoms with Crippen molar-refractivity contribution in [2.45, 2.75) is 26.2 Å². The molecule has 18 heavy (non-hydrogen) atoms. The molecule has 2 nitrogen and oxygen atoms in total. The van der Waals surface area contributed by atoms with Crippen LogP contribution in [0.4, 0.5) is 5.82 Å². The van der Waals surface area contributed by atoms with Gasteiger partial charge in [0.15, 0.2) is 0 Å². The molecule has 2 aromatic rings. The highest BCUT2D eigenvalue weighted by molar-refractivity contribution is 9.10. The van der Waals surface area contributed by atoms with Crippen LogP contribution in [0.1, 0.15) is 26.3 Å². The molecule has 0 radical (unpaired) electrons. The third kappa shape index (κ3) is 2.47. The average Bonchev–Trinajstić information content (AvgIpc) is 2.26. The van der Waals surface area contributed by atoms with Gasteiger partial charge in [-0.25, -0.2) is 4.98 Å². The van der Waals surface area contributed by atoms with Gasteiger partial charge in [-0.1, -0.05) is 32.4 Å². The second-order valence-corrected chi connectivity index (χ2v) is 6.63. The summed E-state index contributed by atoms with van der Waals surface area (Å²) >= 11 is 9.60. The fourth-order valence-electron chi connectivity index (χ4n) is 1.97. The van der Waals surface area contributed by atoms with E-state index in [0.717, 1.165) is 21.2 Å². The van der Waals surface area contributed by atoms with E-state index in [0.29, 0.717) is 5.02 Å². The fraction of sp³-hybridized carbons (Fsp3) is 0.357. The zero-order valence-corrected chi connectivity index (χ0v) is 13.3. The number of anilines is 1. The Labute approximate surface area is 121 Å². The molecule has 4 heteroatoms. The maximum Gasteiger partial charge on any atom is 0.130 e. The van der Waals surface area contributed by atoms with Crippen molar-refractivity contribution in [2.75, 3.05) is 12.4 Å². The van der Waals surface area contributed by atoms with Crippen LogP contribution in [0.15, 0.2) is 22.7 Å². The van der Waals surface area contributed by atoms with E-state index in [1.807, 2.05) is 19.2 Å². The number of hydrogen-bond acceptors (Lipinski definition) is 2. The molecule has 0 fully saturated rings. The summed E-state index contributed by atoms with van der Waals surface area (Å²) in [6.45, 7) is 6.53. The largest absolute Gasteiger partial charge is 0.373 e. The number of nitrogens with one attached hydrogen (secondary N) is 1. The molecule has 0 amide bonds. The molecule has 1 N–H and O–H groups in total. The minimum absolute atomic E-state index is 0.0360. The van der Waals surface area contributed by atoms with Crippen LogP contribution in [0.5, 0.6) is 0 Å². The monoisotopic (exact) mass is 326 g/mol. The van der Waals surface area contributed by atoms with Crippen LogP contribution in [0.3, 0.4) is 0 Å². The number of halogens is 2. The first-order valence-electron chi connectivity index (χ1n) is 5.81. The quantitative estimate of drug-likeness (QED) is 0.798. The molecule has 2 rings (SSSR count). The summed E-state index contributed by atoms with van der Waals surface area (Å²) in [5, 5.41) is 4.94. The van der Waals surface area contributed by atoms with Gasteiger partial charge >= 0.3 is 0 Å². The zero-order chi connectivity index (χ0) is 13.5. The molecule has 0 atom stereocenters. The number of benzene rings is 1. The van der Waals surface area contributed by atoms with Crippen LogP contribution in [0.25, 0.3) is 10.9 Å². The lowest BCUT2D eigenvalue weighted by molar-refractivity contribution is 0.591. The molecule has 96 valence electrons. The lowest BCUT2D eigenvalue weighted by atomic mass is 9.86. The molecule has 0 aliphatic heterocycles. The SMILES string of the molecule is CNc1nc2c(Br)cc(Cl)cc2cc1C(C)(C)C. The molecule has 0 saturated heterocycles. The maximum absolute atomic E-state index is 6.09. The topological polar surface area (TPSA) is 24.9 Å². The predicted molar refractivity (Wildman–Crippen MR) is 82.7 cm³/mol. The zero-order valence-electron chi connectivity index (χ0n) is 10.9. The lowest BCUT2D eigenvalue weighted by Gasteiger charge is -2.22. The van der Waals surface area contributed by atoms with Gasteiger partial charge in [-0.05, 0) is 39.5 Å². The van der Waals surface area contributed by atoms with E-state index >= 15 is 0 Å². The van der Waals surface area contributed by atoms with Crippen molar-refractivity contribution in [2.24, 2.45) is 0 Å². The molecular formula is C14H16BrClN2. The van der Waals surface area contributed by atoms with Crippen molar-refractivity contribution in [1.29, 1.82) is 0 Å². The smallest absolute Gasteiger partial charge is 0.130 e. The predicted octanol–water partition coefficient (Wildman–Crippen LogP) is 4.99. The first-order valence-corrected chi connectivity index (χ1v) is 6.98. The Bertz CT molecular complexity index is 603. The summed E-state index contributed by atoms with van der Waals surface area (Å²) in [6, 6.07) is 5.97. The molecule has 0 unspecified atom stereocenters. The minimum Gasteiger partial charge on any atom is -0.373 e. The summed E-state index contributed by atoms with van der Waals surface area (Å²) in [7, 11) is 1.90. The van der Waals surface area contributed by atoms with Crippen LogP contribution >= 0.6 is 27.5 Å². The Balaban J connectivity index is 2.81. The Hall–Kier alpha value is -0.800. The van der Waals surface area contributed by atoms with Crippen molar-refractivity contribution in [1.82, 2.24) is 4.98 Å². The van der Waals surface area contributed by atoms with E-state index in [2.05, 4.69) is 53.1 Å². The van der Waals surface area contributed by atoms with E-state index in [9.17, 15) is 0 Å². The van der Waals surface area contributed by atoms with Crippen molar-refractivity contribution >= 4 is 44.3 Å². The maximum atomic E-state index is 6.09. The number of hydrogen-bond donors (Lipinski definition) is 1. The molecule has 1 aromatic carbocycles. The van der Waals surface area contributed by atoms with Gasteiger partial charge in [0.25, 0.3) is 0 Å². The number of pyridine rings is 1. The first-order chi connectivity index (χ1) is 8.32. The van der Waals surface area contributed by atoms with E-state index in [-0.39, 0.29) is 5.41 Å². The Morgan fingerprint density at radius 3 is 2.44 bits per heavy atom. The number of fused-ring (bicyclic) bond motifs is 1. The third-order valence-corrected chi connectivity index (χ3v) is 3.70. The van der Waals surface area contributed by atoms with Crippen LogP contribution in [0.2, 0.25) is 5.02 Å². The van der Waals surface area contributed by atoms with Gasteiger partial charge in [-0.15, -0.1) is 0 Å². The molecule has 1 heterocycles. The van der Waals surface area contributed by atoms with Crippen LogP contribution in [-0.4, -0.2) is 12.0 Å². The number of nitrogens with zero attached hydrogens (tertiary/aromatic N) is 1. The molecular weight excluding hydrogens is 312 g/mol. The Kier molecular flexibility index (Phi) is 3.56. The van der Waals surface area contributed by atoms with Gasteiger partial charge in [0.05, 0.1) is 5.52 Å². The second kappa shape index (κ2) is 4.71. The number of aromatic nitrogens is 1. The van der Waals surface area contributed by atoms with Gasteiger partial charge in [0.2, 0.25) is 0 Å². The second-order valence-electron chi connectivity index (χ2n) is 5.34. The standard InChI is InChI=1S/C14H16BrClN2/c1-14(2,3)10-6-8-5-9(16)7-11(15)12(8)18-13(10)17-4/h5-7H,1-4H3,(H,17,18). The van der Waals surface area contributed by atoms with E-state index < -0.39 is 0 Å². The number of rotatable bonds is 1. The molecule has 0 aliphatic rings. The van der Waals surface area contributed by atoms with Crippen LogP contribution in [-0.2, 0) is 5.41 Å². The highest BCUT2D eigenvalue weighted by Crippen LogP contribution is 2.34. The van der Waals surface area contributed by atoms with E-state index in [4.69, 9.17) is 11.6 Å². The third-order valence-electron chi connectivity index (χ3n) is 2.88. The van der Waals surface area contributed by atoms with Gasteiger partial charge in [-0.3, -0.25) is 0 Å². The van der Waals surface area contributed by atoms with Crippen molar-refractivity contribution in [3.8, 4) is 0 Å². The van der Waals surface area contributed by atoms with Gasteiger partial charge in [0.1, 0.15) is 5.82 Å². The van der Waals surface area contributed by atoms with Gasteiger partial charge in [-0.2, -0.15) is 0 Å². The van der Waals surface area contributed by atoms with Crippen LogP contribution < -0.4 is 5.32 Å². The van der Waals surface area contributed by atoms with Crippen molar-refractivity contribution < 1.29 is 0 Å². The highest BCUT2D eigenvalue weighted by atomic mass is 79.9. The molecule has 0 spiro atoms. The molecule has 0 bridgehead atoms. The summed E-state index contributed by atoms with van der Waals surface area (Å²) in [5.74, 6) is 0.915. The minimum atomic E-state index is 0.0360. The van der Waals surface area contributed by atoms with Gasteiger partial charge < -0.3 is 5.32 Å². The van der Waals surface area contributed by atoms with Gasteiger partial charge in [0, 0.05) is 27.5 Å². The average molecular weight is 328 g/mol.